The van der Waals surface area contributed by atoms with Crippen molar-refractivity contribution < 1.29 is 9.90 Å². The van der Waals surface area contributed by atoms with Crippen LogP contribution in [0.4, 0.5) is 0 Å². The molecule has 1 N–H and O–H groups in total. The third kappa shape index (κ3) is 2.22. The smallest absolute Gasteiger partial charge is 0.317 e. The number of carbonyl (C=O) groups is 1. The van der Waals surface area contributed by atoms with Crippen molar-refractivity contribution in [2.45, 2.75) is 25.2 Å². The fraction of sp³-hybridized carbons (Fsp3) is 0.267. The van der Waals surface area contributed by atoms with E-state index in [9.17, 15) is 9.90 Å². The molecule has 20 heavy (non-hydrogen) atoms. The molecule has 0 radical (unpaired) electrons. The van der Waals surface area contributed by atoms with Crippen LogP contribution in [-0.4, -0.2) is 21.0 Å². The van der Waals surface area contributed by atoms with Crippen LogP contribution in [0.25, 0.3) is 11.3 Å². The number of benzene rings is 1. The Morgan fingerprint density at radius 3 is 2.65 bits per heavy atom. The number of carboxylic acid groups (broad SMARTS) is 1. The summed E-state index contributed by atoms with van der Waals surface area (Å²) in [5.74, 6) is -0.400. The minimum Gasteiger partial charge on any atom is -0.480 e. The van der Waals surface area contributed by atoms with E-state index in [2.05, 4.69) is 25.9 Å². The van der Waals surface area contributed by atoms with E-state index >= 15 is 0 Å². The number of aromatic nitrogens is 2. The van der Waals surface area contributed by atoms with Gasteiger partial charge in [0.05, 0.1) is 5.69 Å². The summed E-state index contributed by atoms with van der Waals surface area (Å²) in [4.78, 5) is 20.2. The highest BCUT2D eigenvalue weighted by atomic mass is 79.9. The molecule has 1 heterocycles. The van der Waals surface area contributed by atoms with E-state index in [1.807, 2.05) is 37.3 Å². The molecule has 1 aromatic heterocycles. The molecule has 1 aliphatic rings. The Morgan fingerprint density at radius 1 is 1.30 bits per heavy atom. The molecule has 0 aliphatic heterocycles. The van der Waals surface area contributed by atoms with E-state index in [1.54, 1.807) is 0 Å². The topological polar surface area (TPSA) is 63.1 Å². The zero-order chi connectivity index (χ0) is 14.3. The van der Waals surface area contributed by atoms with Crippen LogP contribution in [0.1, 0.15) is 24.4 Å². The standard InChI is InChI=1S/C15H13BrN2O2/c1-9-7-12(10-3-2-4-11(16)8-10)18-13(17-9)15(5-6-15)14(19)20/h2-4,7-8H,5-6H2,1H3,(H,19,20). The summed E-state index contributed by atoms with van der Waals surface area (Å²) in [6.07, 6.45) is 1.23. The normalized spacial score (nSPS) is 15.9. The van der Waals surface area contributed by atoms with Crippen LogP contribution in [0.2, 0.25) is 0 Å². The molecule has 102 valence electrons. The van der Waals surface area contributed by atoms with Gasteiger partial charge in [-0.15, -0.1) is 0 Å². The fourth-order valence-electron chi connectivity index (χ4n) is 2.24. The van der Waals surface area contributed by atoms with Crippen molar-refractivity contribution >= 4 is 21.9 Å². The molecular formula is C15H13BrN2O2. The first kappa shape index (κ1) is 13.2. The van der Waals surface area contributed by atoms with Crippen LogP contribution < -0.4 is 0 Å². The first-order valence-corrected chi connectivity index (χ1v) is 7.16. The zero-order valence-corrected chi connectivity index (χ0v) is 12.5. The van der Waals surface area contributed by atoms with Gasteiger partial charge in [-0.2, -0.15) is 0 Å². The second-order valence-corrected chi connectivity index (χ2v) is 6.03. The molecular weight excluding hydrogens is 320 g/mol. The first-order valence-electron chi connectivity index (χ1n) is 6.37. The third-order valence-corrected chi connectivity index (χ3v) is 4.06. The lowest BCUT2D eigenvalue weighted by Gasteiger charge is -2.11. The lowest BCUT2D eigenvalue weighted by Crippen LogP contribution is -2.23. The Kier molecular flexibility index (Phi) is 3.09. The Labute approximate surface area is 125 Å². The van der Waals surface area contributed by atoms with Gasteiger partial charge in [0.1, 0.15) is 11.2 Å². The number of hydrogen-bond acceptors (Lipinski definition) is 3. The quantitative estimate of drug-likeness (QED) is 0.936. The summed E-state index contributed by atoms with van der Waals surface area (Å²) in [6.45, 7) is 1.87. The molecule has 2 aromatic rings. The van der Waals surface area contributed by atoms with Crippen molar-refractivity contribution in [3.05, 3.63) is 46.3 Å². The number of aryl methyl sites for hydroxylation is 1. The number of hydrogen-bond donors (Lipinski definition) is 1. The summed E-state index contributed by atoms with van der Waals surface area (Å²) < 4.78 is 0.965. The Morgan fingerprint density at radius 2 is 2.05 bits per heavy atom. The van der Waals surface area contributed by atoms with Gasteiger partial charge in [-0.3, -0.25) is 4.79 Å². The summed E-state index contributed by atoms with van der Waals surface area (Å²) >= 11 is 3.43. The molecule has 0 spiro atoms. The number of rotatable bonds is 3. The Balaban J connectivity index is 2.10. The van der Waals surface area contributed by atoms with Crippen LogP contribution >= 0.6 is 15.9 Å². The van der Waals surface area contributed by atoms with Gasteiger partial charge in [-0.25, -0.2) is 9.97 Å². The van der Waals surface area contributed by atoms with E-state index in [0.29, 0.717) is 18.7 Å². The number of nitrogens with zero attached hydrogens (tertiary/aromatic N) is 2. The van der Waals surface area contributed by atoms with Crippen molar-refractivity contribution in [3.63, 3.8) is 0 Å². The second-order valence-electron chi connectivity index (χ2n) is 5.12. The number of carboxylic acids is 1. The minimum atomic E-state index is -0.868. The molecule has 0 amide bonds. The van der Waals surface area contributed by atoms with Crippen LogP contribution in [0, 0.1) is 6.92 Å². The first-order chi connectivity index (χ1) is 9.51. The zero-order valence-electron chi connectivity index (χ0n) is 10.9. The molecule has 1 saturated carbocycles. The monoisotopic (exact) mass is 332 g/mol. The molecule has 1 fully saturated rings. The van der Waals surface area contributed by atoms with Crippen molar-refractivity contribution in [2.24, 2.45) is 0 Å². The highest BCUT2D eigenvalue weighted by Gasteiger charge is 2.54. The predicted octanol–water partition coefficient (Wildman–Crippen LogP) is 3.33. The fourth-order valence-corrected chi connectivity index (χ4v) is 2.64. The minimum absolute atomic E-state index is 0.431. The van der Waals surface area contributed by atoms with Gasteiger partial charge in [0.2, 0.25) is 0 Å². The maximum Gasteiger partial charge on any atom is 0.317 e. The van der Waals surface area contributed by atoms with E-state index in [4.69, 9.17) is 0 Å². The summed E-state index contributed by atoms with van der Waals surface area (Å²) in [5.41, 5.74) is 1.64. The summed E-state index contributed by atoms with van der Waals surface area (Å²) in [7, 11) is 0. The molecule has 0 bridgehead atoms. The van der Waals surface area contributed by atoms with Crippen LogP contribution in [0.15, 0.2) is 34.8 Å². The van der Waals surface area contributed by atoms with Gasteiger partial charge < -0.3 is 5.11 Å². The second kappa shape index (κ2) is 4.66. The molecule has 0 atom stereocenters. The summed E-state index contributed by atoms with van der Waals surface area (Å²) in [6, 6.07) is 9.67. The van der Waals surface area contributed by atoms with Crippen LogP contribution in [0.3, 0.4) is 0 Å². The highest BCUT2D eigenvalue weighted by molar-refractivity contribution is 9.10. The molecule has 5 heteroatoms. The van der Waals surface area contributed by atoms with E-state index in [0.717, 1.165) is 21.4 Å². The van der Waals surface area contributed by atoms with Crippen molar-refractivity contribution in [2.75, 3.05) is 0 Å². The largest absolute Gasteiger partial charge is 0.480 e. The van der Waals surface area contributed by atoms with Crippen LogP contribution in [0.5, 0.6) is 0 Å². The highest BCUT2D eigenvalue weighted by Crippen LogP contribution is 2.47. The molecule has 1 aliphatic carbocycles. The average molecular weight is 333 g/mol. The number of halogens is 1. The molecule has 3 rings (SSSR count). The van der Waals surface area contributed by atoms with Crippen LogP contribution in [-0.2, 0) is 10.2 Å². The molecule has 1 aromatic carbocycles. The van der Waals surface area contributed by atoms with Crippen molar-refractivity contribution in [1.82, 2.24) is 9.97 Å². The van der Waals surface area contributed by atoms with Crippen molar-refractivity contribution in [3.8, 4) is 11.3 Å². The SMILES string of the molecule is Cc1cc(-c2cccc(Br)c2)nc(C2(C(=O)O)CC2)n1. The molecule has 0 saturated heterocycles. The van der Waals surface area contributed by atoms with Gasteiger partial charge in [0.15, 0.2) is 0 Å². The maximum absolute atomic E-state index is 11.4. The average Bonchev–Trinajstić information content (AvgIpc) is 3.19. The Bertz CT molecular complexity index is 696. The van der Waals surface area contributed by atoms with Gasteiger partial charge in [0, 0.05) is 15.7 Å². The molecule has 0 unspecified atom stereocenters. The van der Waals surface area contributed by atoms with Gasteiger partial charge in [-0.1, -0.05) is 28.1 Å². The van der Waals surface area contributed by atoms with Gasteiger partial charge >= 0.3 is 5.97 Å². The predicted molar refractivity (Wildman–Crippen MR) is 78.5 cm³/mol. The maximum atomic E-state index is 11.4. The van der Waals surface area contributed by atoms with E-state index in [-0.39, 0.29) is 0 Å². The van der Waals surface area contributed by atoms with Gasteiger partial charge in [0.25, 0.3) is 0 Å². The Hall–Kier alpha value is -1.75. The third-order valence-electron chi connectivity index (χ3n) is 3.56. The lowest BCUT2D eigenvalue weighted by atomic mass is 10.1. The lowest BCUT2D eigenvalue weighted by molar-refractivity contribution is -0.140. The van der Waals surface area contributed by atoms with E-state index < -0.39 is 11.4 Å². The van der Waals surface area contributed by atoms with Crippen molar-refractivity contribution in [1.29, 1.82) is 0 Å². The number of aliphatic carboxylic acids is 1. The summed E-state index contributed by atoms with van der Waals surface area (Å²) in [5, 5.41) is 9.37. The van der Waals surface area contributed by atoms with Gasteiger partial charge in [-0.05, 0) is 38.0 Å². The van der Waals surface area contributed by atoms with E-state index in [1.165, 1.54) is 0 Å². The molecule has 4 nitrogen and oxygen atoms in total.